The van der Waals surface area contributed by atoms with Crippen LogP contribution in [0, 0.1) is 18.2 Å². The van der Waals surface area contributed by atoms with Crippen LogP contribution in [0.3, 0.4) is 0 Å². The highest BCUT2D eigenvalue weighted by Gasteiger charge is 2.35. The Kier molecular flexibility index (Phi) is 9.63. The van der Waals surface area contributed by atoms with Gasteiger partial charge in [-0.1, -0.05) is 31.5 Å². The van der Waals surface area contributed by atoms with Crippen molar-refractivity contribution in [1.82, 2.24) is 9.97 Å². The molecule has 1 aromatic carbocycles. The van der Waals surface area contributed by atoms with Gasteiger partial charge in [0, 0.05) is 53.9 Å². The summed E-state index contributed by atoms with van der Waals surface area (Å²) >= 11 is 6.01. The average Bonchev–Trinajstić information content (AvgIpc) is 2.91. The van der Waals surface area contributed by atoms with Gasteiger partial charge in [0.25, 0.3) is 0 Å². The van der Waals surface area contributed by atoms with Crippen molar-refractivity contribution in [3.05, 3.63) is 64.8 Å². The lowest BCUT2D eigenvalue weighted by Gasteiger charge is -2.40. The van der Waals surface area contributed by atoms with E-state index in [1.54, 1.807) is 24.5 Å². The molecule has 1 saturated heterocycles. The van der Waals surface area contributed by atoms with Crippen molar-refractivity contribution in [3.63, 3.8) is 0 Å². The summed E-state index contributed by atoms with van der Waals surface area (Å²) in [5.41, 5.74) is 3.03. The number of carboxylic acid groups (broad SMARTS) is 1. The van der Waals surface area contributed by atoms with E-state index < -0.39 is 23.5 Å². The van der Waals surface area contributed by atoms with Gasteiger partial charge in [0.15, 0.2) is 17.7 Å². The standard InChI is InChI=1S/C32H39ClFN3O5/c1-20-26(29(30(38)39)42-31(2,3)4)27(37-14-12-32(5,6)13-15-37)22(19-35-20)21-10-11-25(36-18-21)40-16-17-41-28-23(33)8-7-9-24(28)34/h7-11,18-19,29H,12-17H2,1-6H3,(H,38,39)/t29-/m0/s1. The minimum absolute atomic E-state index is 0.0162. The van der Waals surface area contributed by atoms with Gasteiger partial charge in [-0.15, -0.1) is 0 Å². The molecule has 1 fully saturated rings. The number of halogens is 2. The highest BCUT2D eigenvalue weighted by atomic mass is 35.5. The number of carboxylic acids is 1. The minimum atomic E-state index is -1.19. The quantitative estimate of drug-likeness (QED) is 0.243. The Morgan fingerprint density at radius 2 is 1.79 bits per heavy atom. The lowest BCUT2D eigenvalue weighted by Crippen LogP contribution is -2.39. The fraction of sp³-hybridized carbons (Fsp3) is 0.469. The predicted molar refractivity (Wildman–Crippen MR) is 161 cm³/mol. The lowest BCUT2D eigenvalue weighted by molar-refractivity contribution is -0.160. The average molecular weight is 600 g/mol. The molecule has 226 valence electrons. The second kappa shape index (κ2) is 12.8. The van der Waals surface area contributed by atoms with Gasteiger partial charge < -0.3 is 24.2 Å². The normalized spacial score (nSPS) is 15.8. The van der Waals surface area contributed by atoms with E-state index in [4.69, 9.17) is 25.8 Å². The maximum absolute atomic E-state index is 13.9. The Bertz CT molecular complexity index is 1380. The summed E-state index contributed by atoms with van der Waals surface area (Å²) in [5.74, 6) is -1.26. The highest BCUT2D eigenvalue weighted by molar-refractivity contribution is 6.32. The van der Waals surface area contributed by atoms with E-state index in [2.05, 4.69) is 28.7 Å². The number of rotatable bonds is 10. The molecular weight excluding hydrogens is 561 g/mol. The number of benzene rings is 1. The van der Waals surface area contributed by atoms with Crippen LogP contribution in [0.4, 0.5) is 10.1 Å². The summed E-state index contributed by atoms with van der Waals surface area (Å²) in [6.07, 6.45) is 4.19. The number of anilines is 1. The molecule has 42 heavy (non-hydrogen) atoms. The van der Waals surface area contributed by atoms with Crippen LogP contribution in [0.5, 0.6) is 11.6 Å². The Labute approximate surface area is 251 Å². The number of aromatic nitrogens is 2. The zero-order valence-electron chi connectivity index (χ0n) is 25.0. The molecule has 1 aliphatic heterocycles. The molecule has 1 atom stereocenters. The van der Waals surface area contributed by atoms with E-state index in [0.29, 0.717) is 17.1 Å². The molecule has 4 rings (SSSR count). The monoisotopic (exact) mass is 599 g/mol. The molecule has 0 saturated carbocycles. The number of hydrogen-bond donors (Lipinski definition) is 1. The molecule has 1 N–H and O–H groups in total. The summed E-state index contributed by atoms with van der Waals surface area (Å²) in [5, 5.41) is 10.5. The van der Waals surface area contributed by atoms with Gasteiger partial charge in [-0.05, 0) is 64.2 Å². The fourth-order valence-corrected chi connectivity index (χ4v) is 5.15. The van der Waals surface area contributed by atoms with Crippen molar-refractivity contribution >= 4 is 23.3 Å². The summed E-state index contributed by atoms with van der Waals surface area (Å²) < 4.78 is 31.2. The molecule has 0 spiro atoms. The number of ether oxygens (including phenoxy) is 3. The third kappa shape index (κ3) is 7.69. The molecule has 0 aliphatic carbocycles. The first kappa shape index (κ1) is 31.5. The molecule has 0 bridgehead atoms. The van der Waals surface area contributed by atoms with E-state index in [-0.39, 0.29) is 29.4 Å². The third-order valence-corrected chi connectivity index (χ3v) is 7.52. The Hall–Kier alpha value is -3.43. The molecule has 10 heteroatoms. The van der Waals surface area contributed by atoms with E-state index in [1.165, 1.54) is 12.1 Å². The molecule has 0 amide bonds. The number of pyridine rings is 2. The number of piperidine rings is 1. The zero-order valence-corrected chi connectivity index (χ0v) is 25.8. The summed E-state index contributed by atoms with van der Waals surface area (Å²) in [7, 11) is 0. The number of aliphatic carboxylic acids is 1. The first-order valence-electron chi connectivity index (χ1n) is 14.1. The predicted octanol–water partition coefficient (Wildman–Crippen LogP) is 7.27. The molecule has 0 unspecified atom stereocenters. The SMILES string of the molecule is Cc1ncc(-c2ccc(OCCOc3c(F)cccc3Cl)nc2)c(N2CCC(C)(C)CC2)c1[C@H](OC(C)(C)C)C(=O)O. The second-order valence-corrected chi connectivity index (χ2v) is 12.7. The van der Waals surface area contributed by atoms with Gasteiger partial charge >= 0.3 is 5.97 Å². The van der Waals surface area contributed by atoms with Gasteiger partial charge in [-0.25, -0.2) is 14.2 Å². The van der Waals surface area contributed by atoms with E-state index in [9.17, 15) is 14.3 Å². The summed E-state index contributed by atoms with van der Waals surface area (Å²) in [6.45, 7) is 13.6. The third-order valence-electron chi connectivity index (χ3n) is 7.22. The first-order chi connectivity index (χ1) is 19.8. The zero-order chi connectivity index (χ0) is 30.7. The molecular formula is C32H39ClFN3O5. The molecule has 0 radical (unpaired) electrons. The summed E-state index contributed by atoms with van der Waals surface area (Å²) in [6, 6.07) is 7.94. The van der Waals surface area contributed by atoms with E-state index >= 15 is 0 Å². The van der Waals surface area contributed by atoms with Gasteiger partial charge in [0.05, 0.1) is 16.3 Å². The smallest absolute Gasteiger partial charge is 0.337 e. The Balaban J connectivity index is 1.62. The Morgan fingerprint density at radius 3 is 2.38 bits per heavy atom. The van der Waals surface area contributed by atoms with Crippen LogP contribution >= 0.6 is 11.6 Å². The van der Waals surface area contributed by atoms with Crippen molar-refractivity contribution in [2.45, 2.75) is 66.1 Å². The number of hydrogen-bond acceptors (Lipinski definition) is 7. The van der Waals surface area contributed by atoms with Crippen molar-refractivity contribution < 1.29 is 28.5 Å². The molecule has 2 aromatic heterocycles. The van der Waals surface area contributed by atoms with Crippen molar-refractivity contribution in [2.75, 3.05) is 31.2 Å². The van der Waals surface area contributed by atoms with Crippen LogP contribution in [0.25, 0.3) is 11.1 Å². The van der Waals surface area contributed by atoms with Gasteiger partial charge in [0.1, 0.15) is 13.2 Å². The van der Waals surface area contributed by atoms with Crippen LogP contribution < -0.4 is 14.4 Å². The first-order valence-corrected chi connectivity index (χ1v) is 14.4. The second-order valence-electron chi connectivity index (χ2n) is 12.3. The van der Waals surface area contributed by atoms with Crippen LogP contribution in [0.1, 0.15) is 64.8 Å². The maximum Gasteiger partial charge on any atom is 0.337 e. The number of nitrogens with zero attached hydrogens (tertiary/aromatic N) is 3. The molecule has 3 heterocycles. The number of carbonyl (C=O) groups is 1. The van der Waals surface area contributed by atoms with Crippen molar-refractivity contribution in [3.8, 4) is 22.8 Å². The minimum Gasteiger partial charge on any atom is -0.485 e. The van der Waals surface area contributed by atoms with Gasteiger partial charge in [-0.2, -0.15) is 0 Å². The largest absolute Gasteiger partial charge is 0.485 e. The van der Waals surface area contributed by atoms with Crippen molar-refractivity contribution in [1.29, 1.82) is 0 Å². The molecule has 1 aliphatic rings. The Morgan fingerprint density at radius 1 is 1.10 bits per heavy atom. The fourth-order valence-electron chi connectivity index (χ4n) is 4.93. The van der Waals surface area contributed by atoms with Crippen LogP contribution in [-0.2, 0) is 9.53 Å². The topological polar surface area (TPSA) is 94.0 Å². The van der Waals surface area contributed by atoms with Crippen LogP contribution in [0.2, 0.25) is 5.02 Å². The number of para-hydroxylation sites is 1. The lowest BCUT2D eigenvalue weighted by atomic mass is 9.82. The van der Waals surface area contributed by atoms with E-state index in [1.807, 2.05) is 33.8 Å². The maximum atomic E-state index is 13.9. The summed E-state index contributed by atoms with van der Waals surface area (Å²) in [4.78, 5) is 23.9. The molecule has 8 nitrogen and oxygen atoms in total. The van der Waals surface area contributed by atoms with Crippen LogP contribution in [0.15, 0.2) is 42.7 Å². The highest BCUT2D eigenvalue weighted by Crippen LogP contribution is 2.43. The van der Waals surface area contributed by atoms with Crippen molar-refractivity contribution in [2.24, 2.45) is 5.41 Å². The molecule has 3 aromatic rings. The number of aryl methyl sites for hydroxylation is 1. The van der Waals surface area contributed by atoms with Crippen LogP contribution in [-0.4, -0.2) is 52.9 Å². The van der Waals surface area contributed by atoms with Gasteiger partial charge in [-0.3, -0.25) is 4.98 Å². The van der Waals surface area contributed by atoms with E-state index in [0.717, 1.165) is 42.7 Å². The van der Waals surface area contributed by atoms with Gasteiger partial charge in [0.2, 0.25) is 5.88 Å².